The number of carbonyl (C=O) groups is 1. The molecule has 0 fully saturated rings. The van der Waals surface area contributed by atoms with Crippen LogP contribution in [0.4, 0.5) is 0 Å². The van der Waals surface area contributed by atoms with Crippen molar-refractivity contribution in [1.29, 1.82) is 0 Å². The number of nitrogens with zero attached hydrogens (tertiary/aromatic N) is 2. The predicted octanol–water partition coefficient (Wildman–Crippen LogP) is 1.84. The minimum Gasteiger partial charge on any atom is -0.456 e. The van der Waals surface area contributed by atoms with Gasteiger partial charge in [0.2, 0.25) is 0 Å². The molecule has 0 aliphatic heterocycles. The van der Waals surface area contributed by atoms with Crippen molar-refractivity contribution >= 4 is 5.91 Å². The zero-order valence-electron chi connectivity index (χ0n) is 9.93. The van der Waals surface area contributed by atoms with E-state index in [2.05, 4.69) is 9.97 Å². The second-order valence-corrected chi connectivity index (χ2v) is 3.82. The average Bonchev–Trinajstić information content (AvgIpc) is 2.98. The van der Waals surface area contributed by atoms with Crippen LogP contribution < -0.4 is 0 Å². The highest BCUT2D eigenvalue weighted by molar-refractivity contribution is 5.91. The fraction of sp³-hybridized carbons (Fsp3) is 0.333. The number of rotatable bonds is 4. The molecule has 0 saturated carbocycles. The molecule has 17 heavy (non-hydrogen) atoms. The summed E-state index contributed by atoms with van der Waals surface area (Å²) in [6, 6.07) is 3.54. The fourth-order valence-electron chi connectivity index (χ4n) is 1.55. The molecule has 0 saturated heterocycles. The van der Waals surface area contributed by atoms with E-state index < -0.39 is 0 Å². The molecule has 0 unspecified atom stereocenters. The second kappa shape index (κ2) is 4.86. The van der Waals surface area contributed by atoms with Crippen molar-refractivity contribution in [3.8, 4) is 0 Å². The Kier molecular flexibility index (Phi) is 3.27. The first-order chi connectivity index (χ1) is 8.20. The van der Waals surface area contributed by atoms with Crippen molar-refractivity contribution in [3.63, 3.8) is 0 Å². The minimum atomic E-state index is -0.138. The summed E-state index contributed by atoms with van der Waals surface area (Å²) in [6.07, 6.45) is 4.18. The molecule has 0 radical (unpaired) electrons. The molecular weight excluding hydrogens is 218 g/mol. The van der Waals surface area contributed by atoms with Crippen molar-refractivity contribution in [3.05, 3.63) is 41.9 Å². The highest BCUT2D eigenvalue weighted by atomic mass is 16.4. The summed E-state index contributed by atoms with van der Waals surface area (Å²) in [4.78, 5) is 20.6. The summed E-state index contributed by atoms with van der Waals surface area (Å²) in [5.74, 6) is 1.81. The van der Waals surface area contributed by atoms with Gasteiger partial charge >= 0.3 is 0 Å². The number of carbonyl (C=O) groups excluding carboxylic acids is 1. The summed E-state index contributed by atoms with van der Waals surface area (Å²) in [7, 11) is 1.72. The molecule has 0 aliphatic rings. The van der Waals surface area contributed by atoms with Gasteiger partial charge in [-0.25, -0.2) is 4.98 Å². The zero-order chi connectivity index (χ0) is 12.3. The molecule has 0 aliphatic carbocycles. The van der Waals surface area contributed by atoms with Crippen LogP contribution in [0.25, 0.3) is 0 Å². The molecule has 2 rings (SSSR count). The first kappa shape index (κ1) is 11.4. The first-order valence-electron chi connectivity index (χ1n) is 5.53. The van der Waals surface area contributed by atoms with Gasteiger partial charge in [0.15, 0.2) is 5.76 Å². The van der Waals surface area contributed by atoms with E-state index >= 15 is 0 Å². The quantitative estimate of drug-likeness (QED) is 0.876. The van der Waals surface area contributed by atoms with Crippen LogP contribution in [0.1, 0.15) is 29.1 Å². The van der Waals surface area contributed by atoms with Crippen molar-refractivity contribution < 1.29 is 9.21 Å². The van der Waals surface area contributed by atoms with Crippen LogP contribution in [0.2, 0.25) is 0 Å². The number of aryl methyl sites for hydroxylation is 1. The molecule has 0 spiro atoms. The summed E-state index contributed by atoms with van der Waals surface area (Å²) < 4.78 is 5.41. The van der Waals surface area contributed by atoms with E-state index in [1.54, 1.807) is 30.4 Å². The highest BCUT2D eigenvalue weighted by Gasteiger charge is 2.16. The van der Waals surface area contributed by atoms with E-state index in [-0.39, 0.29) is 5.91 Å². The summed E-state index contributed by atoms with van der Waals surface area (Å²) in [5.41, 5.74) is 0. The number of hydrogen-bond acceptors (Lipinski definition) is 3. The van der Waals surface area contributed by atoms with Crippen molar-refractivity contribution in [2.24, 2.45) is 0 Å². The Bertz CT molecular complexity index is 488. The molecule has 1 N–H and O–H groups in total. The number of aromatic amines is 1. The number of nitrogens with one attached hydrogen (secondary N) is 1. The van der Waals surface area contributed by atoms with Gasteiger partial charge in [0.05, 0.1) is 6.54 Å². The zero-order valence-corrected chi connectivity index (χ0v) is 9.93. The van der Waals surface area contributed by atoms with Gasteiger partial charge in [-0.2, -0.15) is 0 Å². The van der Waals surface area contributed by atoms with Crippen molar-refractivity contribution in [2.45, 2.75) is 19.9 Å². The maximum absolute atomic E-state index is 12.0. The lowest BCUT2D eigenvalue weighted by Gasteiger charge is -2.13. The number of hydrogen-bond donors (Lipinski definition) is 1. The normalized spacial score (nSPS) is 10.5. The predicted molar refractivity (Wildman–Crippen MR) is 62.5 cm³/mol. The Morgan fingerprint density at radius 2 is 2.35 bits per heavy atom. The van der Waals surface area contributed by atoms with E-state index in [1.807, 2.05) is 13.0 Å². The monoisotopic (exact) mass is 233 g/mol. The number of imidazole rings is 1. The SMILES string of the molecule is CCc1ccc(C(=O)N(C)Cc2ncc[nH]2)o1. The lowest BCUT2D eigenvalue weighted by Crippen LogP contribution is -2.26. The third-order valence-corrected chi connectivity index (χ3v) is 2.51. The van der Waals surface area contributed by atoms with Crippen molar-refractivity contribution in [1.82, 2.24) is 14.9 Å². The maximum atomic E-state index is 12.0. The second-order valence-electron chi connectivity index (χ2n) is 3.82. The Labute approximate surface area is 99.5 Å². The summed E-state index contributed by atoms with van der Waals surface area (Å²) in [5, 5.41) is 0. The van der Waals surface area contributed by atoms with Crippen LogP contribution >= 0.6 is 0 Å². The molecule has 5 heteroatoms. The van der Waals surface area contributed by atoms with E-state index in [0.717, 1.165) is 18.0 Å². The molecule has 5 nitrogen and oxygen atoms in total. The Hall–Kier alpha value is -2.04. The van der Waals surface area contributed by atoms with E-state index in [0.29, 0.717) is 12.3 Å². The first-order valence-corrected chi connectivity index (χ1v) is 5.53. The van der Waals surface area contributed by atoms with Gasteiger partial charge in [0, 0.05) is 25.9 Å². The largest absolute Gasteiger partial charge is 0.456 e. The van der Waals surface area contributed by atoms with Crippen LogP contribution in [0, 0.1) is 0 Å². The molecule has 2 aromatic heterocycles. The van der Waals surface area contributed by atoms with Gasteiger partial charge in [-0.15, -0.1) is 0 Å². The van der Waals surface area contributed by atoms with Crippen LogP contribution in [0.5, 0.6) is 0 Å². The molecule has 90 valence electrons. The fourth-order valence-corrected chi connectivity index (χ4v) is 1.55. The van der Waals surface area contributed by atoms with Gasteiger partial charge in [-0.05, 0) is 12.1 Å². The molecule has 2 aromatic rings. The Morgan fingerprint density at radius 1 is 1.53 bits per heavy atom. The summed E-state index contributed by atoms with van der Waals surface area (Å²) in [6.45, 7) is 2.42. The van der Waals surface area contributed by atoms with Gasteiger partial charge < -0.3 is 14.3 Å². The Balaban J connectivity index is 2.04. The number of furan rings is 1. The lowest BCUT2D eigenvalue weighted by molar-refractivity contribution is 0.0748. The van der Waals surface area contributed by atoms with Gasteiger partial charge in [0.1, 0.15) is 11.6 Å². The van der Waals surface area contributed by atoms with E-state index in [4.69, 9.17) is 4.42 Å². The van der Waals surface area contributed by atoms with Gasteiger partial charge in [-0.1, -0.05) is 6.92 Å². The smallest absolute Gasteiger partial charge is 0.289 e. The average molecular weight is 233 g/mol. The third kappa shape index (κ3) is 2.55. The highest BCUT2D eigenvalue weighted by Crippen LogP contribution is 2.11. The van der Waals surface area contributed by atoms with Crippen LogP contribution in [0.15, 0.2) is 28.9 Å². The van der Waals surface area contributed by atoms with Crippen molar-refractivity contribution in [2.75, 3.05) is 7.05 Å². The number of aromatic nitrogens is 2. The molecular formula is C12H15N3O2. The molecule has 0 bridgehead atoms. The number of H-pyrrole nitrogens is 1. The van der Waals surface area contributed by atoms with E-state index in [1.165, 1.54) is 0 Å². The third-order valence-electron chi connectivity index (χ3n) is 2.51. The van der Waals surface area contributed by atoms with Gasteiger partial charge in [-0.3, -0.25) is 4.79 Å². The van der Waals surface area contributed by atoms with Crippen LogP contribution in [0.3, 0.4) is 0 Å². The molecule has 1 amide bonds. The lowest BCUT2D eigenvalue weighted by atomic mass is 10.3. The maximum Gasteiger partial charge on any atom is 0.289 e. The molecule has 0 atom stereocenters. The van der Waals surface area contributed by atoms with Crippen LogP contribution in [-0.4, -0.2) is 27.8 Å². The van der Waals surface area contributed by atoms with E-state index in [9.17, 15) is 4.79 Å². The van der Waals surface area contributed by atoms with Crippen LogP contribution in [-0.2, 0) is 13.0 Å². The minimum absolute atomic E-state index is 0.138. The standard InChI is InChI=1S/C12H15N3O2/c1-3-9-4-5-10(17-9)12(16)15(2)8-11-13-6-7-14-11/h4-7H,3,8H2,1-2H3,(H,13,14). The topological polar surface area (TPSA) is 62.1 Å². The Morgan fingerprint density at radius 3 is 2.94 bits per heavy atom. The summed E-state index contributed by atoms with van der Waals surface area (Å²) >= 11 is 0. The number of amides is 1. The van der Waals surface area contributed by atoms with Gasteiger partial charge in [0.25, 0.3) is 5.91 Å². The molecule has 0 aromatic carbocycles. The molecule has 2 heterocycles.